The number of nitrogens with zero attached hydrogens (tertiary/aromatic N) is 2. The first-order chi connectivity index (χ1) is 10.2. The average molecular weight is 344 g/mol. The lowest BCUT2D eigenvalue weighted by atomic mass is 10.0. The maximum absolute atomic E-state index is 12.0. The minimum Gasteiger partial charge on any atom is -0.444 e. The fourth-order valence-corrected chi connectivity index (χ4v) is 2.49. The predicted octanol–water partition coefficient (Wildman–Crippen LogP) is 3.99. The lowest BCUT2D eigenvalue weighted by molar-refractivity contribution is 0.0270. The van der Waals surface area contributed by atoms with Gasteiger partial charge in [-0.05, 0) is 38.8 Å². The number of carbonyl (C=O) groups is 1. The minimum atomic E-state index is -0.499. The molecule has 1 aromatic rings. The molecule has 1 aliphatic heterocycles. The van der Waals surface area contributed by atoms with E-state index in [0.29, 0.717) is 30.2 Å². The van der Waals surface area contributed by atoms with E-state index >= 15 is 0 Å². The van der Waals surface area contributed by atoms with Crippen LogP contribution in [-0.4, -0.2) is 34.7 Å². The molecule has 0 saturated carbocycles. The van der Waals surface area contributed by atoms with Gasteiger partial charge in [-0.25, -0.2) is 9.78 Å². The summed E-state index contributed by atoms with van der Waals surface area (Å²) in [6.07, 6.45) is 2.27. The van der Waals surface area contributed by atoms with Crippen molar-refractivity contribution in [3.05, 3.63) is 28.0 Å². The van der Waals surface area contributed by atoms with Crippen LogP contribution in [0.2, 0.25) is 10.2 Å². The molecule has 0 unspecified atom stereocenters. The van der Waals surface area contributed by atoms with Crippen molar-refractivity contribution in [1.29, 1.82) is 0 Å². The number of pyridine rings is 1. The third-order valence-corrected chi connectivity index (χ3v) is 3.75. The summed E-state index contributed by atoms with van der Waals surface area (Å²) in [5, 5.41) is 0.573. The Balaban J connectivity index is 2.10. The van der Waals surface area contributed by atoms with Crippen LogP contribution in [0, 0.1) is 0 Å². The Labute approximate surface area is 140 Å². The van der Waals surface area contributed by atoms with Crippen molar-refractivity contribution in [2.45, 2.75) is 32.8 Å². The molecule has 0 aliphatic carbocycles. The Kier molecular flexibility index (Phi) is 4.87. The smallest absolute Gasteiger partial charge is 0.410 e. The molecule has 1 aromatic heterocycles. The average Bonchev–Trinajstić information content (AvgIpc) is 2.42. The van der Waals surface area contributed by atoms with Crippen LogP contribution in [0.3, 0.4) is 0 Å². The second-order valence-corrected chi connectivity index (χ2v) is 6.86. The maximum Gasteiger partial charge on any atom is 0.410 e. The van der Waals surface area contributed by atoms with E-state index in [0.717, 1.165) is 5.57 Å². The summed E-state index contributed by atoms with van der Waals surface area (Å²) in [6, 6.07) is 1.69. The second-order valence-electron chi connectivity index (χ2n) is 6.10. The van der Waals surface area contributed by atoms with Gasteiger partial charge in [-0.2, -0.15) is 0 Å². The molecule has 2 rings (SSSR count). The number of aromatic nitrogens is 1. The second kappa shape index (κ2) is 6.34. The standard InChI is InChI=1S/C15H19Cl2N3O2/c1-15(2,3)22-14(21)20-6-4-9(5-7-20)11-8-10(16)12(18)13(17)19-11/h4,8H,5-7,18H2,1-3H3. The molecular formula is C15H19Cl2N3O2. The monoisotopic (exact) mass is 343 g/mol. The Morgan fingerprint density at radius 3 is 2.59 bits per heavy atom. The largest absolute Gasteiger partial charge is 0.444 e. The van der Waals surface area contributed by atoms with E-state index in [-0.39, 0.29) is 16.9 Å². The molecule has 120 valence electrons. The first kappa shape index (κ1) is 16.9. The first-order valence-electron chi connectivity index (χ1n) is 6.96. The number of halogens is 2. The molecule has 0 atom stereocenters. The molecule has 1 amide bonds. The molecule has 5 nitrogen and oxygen atoms in total. The first-order valence-corrected chi connectivity index (χ1v) is 7.72. The molecule has 0 aromatic carbocycles. The van der Waals surface area contributed by atoms with Crippen LogP contribution in [-0.2, 0) is 4.74 Å². The summed E-state index contributed by atoms with van der Waals surface area (Å²) < 4.78 is 5.36. The minimum absolute atomic E-state index is 0.193. The number of anilines is 1. The topological polar surface area (TPSA) is 68.5 Å². The zero-order valence-corrected chi connectivity index (χ0v) is 14.3. The normalized spacial score (nSPS) is 15.5. The summed E-state index contributed by atoms with van der Waals surface area (Å²) in [5.41, 5.74) is 7.14. The number of carbonyl (C=O) groups excluding carboxylic acids is 1. The maximum atomic E-state index is 12.0. The SMILES string of the molecule is CC(C)(C)OC(=O)N1CC=C(c2cc(Cl)c(N)c(Cl)n2)CC1. The number of nitrogens with two attached hydrogens (primary N) is 1. The molecule has 7 heteroatoms. The summed E-state index contributed by atoms with van der Waals surface area (Å²) in [6.45, 7) is 6.56. The number of rotatable bonds is 1. The zero-order chi connectivity index (χ0) is 16.5. The summed E-state index contributed by atoms with van der Waals surface area (Å²) >= 11 is 12.0. The summed E-state index contributed by atoms with van der Waals surface area (Å²) in [4.78, 5) is 17.9. The van der Waals surface area contributed by atoms with Gasteiger partial charge in [0.05, 0.1) is 16.4 Å². The molecule has 0 bridgehead atoms. The number of nitrogen functional groups attached to an aromatic ring is 1. The van der Waals surface area contributed by atoms with Gasteiger partial charge >= 0.3 is 6.09 Å². The fraction of sp³-hybridized carbons (Fsp3) is 0.467. The van der Waals surface area contributed by atoms with Gasteiger partial charge in [0.2, 0.25) is 0 Å². The highest BCUT2D eigenvalue weighted by Crippen LogP contribution is 2.30. The molecule has 2 N–H and O–H groups in total. The van der Waals surface area contributed by atoms with E-state index in [1.165, 1.54) is 0 Å². The third kappa shape index (κ3) is 4.05. The van der Waals surface area contributed by atoms with Gasteiger partial charge in [-0.1, -0.05) is 29.3 Å². The Morgan fingerprint density at radius 2 is 2.09 bits per heavy atom. The molecule has 0 radical (unpaired) electrons. The van der Waals surface area contributed by atoms with Crippen LogP contribution in [0.1, 0.15) is 32.9 Å². The molecule has 2 heterocycles. The van der Waals surface area contributed by atoms with Crippen molar-refractivity contribution in [3.63, 3.8) is 0 Å². The quantitative estimate of drug-likeness (QED) is 0.782. The molecule has 22 heavy (non-hydrogen) atoms. The van der Waals surface area contributed by atoms with E-state index in [9.17, 15) is 4.79 Å². The third-order valence-electron chi connectivity index (χ3n) is 3.15. The highest BCUT2D eigenvalue weighted by atomic mass is 35.5. The van der Waals surface area contributed by atoms with Gasteiger partial charge in [0.15, 0.2) is 5.15 Å². The van der Waals surface area contributed by atoms with Gasteiger partial charge in [-0.3, -0.25) is 0 Å². The van der Waals surface area contributed by atoms with Crippen LogP contribution in [0.4, 0.5) is 10.5 Å². The van der Waals surface area contributed by atoms with Gasteiger partial charge < -0.3 is 15.4 Å². The van der Waals surface area contributed by atoms with Crippen molar-refractivity contribution >= 4 is 40.6 Å². The van der Waals surface area contributed by atoms with Crippen molar-refractivity contribution < 1.29 is 9.53 Å². The van der Waals surface area contributed by atoms with E-state index < -0.39 is 5.60 Å². The fourth-order valence-electron chi connectivity index (χ4n) is 2.05. The number of ether oxygens (including phenoxy) is 1. The van der Waals surface area contributed by atoms with Crippen LogP contribution < -0.4 is 5.73 Å². The van der Waals surface area contributed by atoms with Crippen molar-refractivity contribution in [1.82, 2.24) is 9.88 Å². The van der Waals surface area contributed by atoms with Crippen LogP contribution in [0.5, 0.6) is 0 Å². The van der Waals surface area contributed by atoms with Crippen LogP contribution in [0.15, 0.2) is 12.1 Å². The highest BCUT2D eigenvalue weighted by molar-refractivity contribution is 6.38. The van der Waals surface area contributed by atoms with Crippen LogP contribution in [0.25, 0.3) is 5.57 Å². The van der Waals surface area contributed by atoms with Gasteiger partial charge in [0.1, 0.15) is 5.60 Å². The number of amides is 1. The van der Waals surface area contributed by atoms with Gasteiger partial charge in [0.25, 0.3) is 0 Å². The van der Waals surface area contributed by atoms with E-state index in [1.807, 2.05) is 26.8 Å². The molecular weight excluding hydrogens is 325 g/mol. The lowest BCUT2D eigenvalue weighted by Gasteiger charge is -2.29. The van der Waals surface area contributed by atoms with E-state index in [4.69, 9.17) is 33.7 Å². The molecule has 1 aliphatic rings. The van der Waals surface area contributed by atoms with Gasteiger partial charge in [-0.15, -0.1) is 0 Å². The molecule has 0 spiro atoms. The zero-order valence-electron chi connectivity index (χ0n) is 12.8. The van der Waals surface area contributed by atoms with E-state index in [1.54, 1.807) is 11.0 Å². The van der Waals surface area contributed by atoms with Crippen molar-refractivity contribution in [2.75, 3.05) is 18.8 Å². The number of hydrogen-bond acceptors (Lipinski definition) is 4. The Hall–Kier alpha value is -1.46. The predicted molar refractivity (Wildman–Crippen MR) is 89.1 cm³/mol. The summed E-state index contributed by atoms with van der Waals surface area (Å²) in [7, 11) is 0. The van der Waals surface area contributed by atoms with E-state index in [2.05, 4.69) is 4.98 Å². The lowest BCUT2D eigenvalue weighted by Crippen LogP contribution is -2.39. The van der Waals surface area contributed by atoms with Crippen molar-refractivity contribution in [2.24, 2.45) is 0 Å². The Bertz CT molecular complexity index is 601. The van der Waals surface area contributed by atoms with Gasteiger partial charge in [0, 0.05) is 13.1 Å². The Morgan fingerprint density at radius 1 is 1.41 bits per heavy atom. The molecule has 0 fully saturated rings. The summed E-state index contributed by atoms with van der Waals surface area (Å²) in [5.74, 6) is 0. The van der Waals surface area contributed by atoms with Crippen LogP contribution >= 0.6 is 23.2 Å². The molecule has 0 saturated heterocycles. The highest BCUT2D eigenvalue weighted by Gasteiger charge is 2.24. The number of hydrogen-bond donors (Lipinski definition) is 1. The van der Waals surface area contributed by atoms with Crippen molar-refractivity contribution in [3.8, 4) is 0 Å².